The van der Waals surface area contributed by atoms with Gasteiger partial charge in [-0.2, -0.15) is 0 Å². The molecule has 10 nitrogen and oxygen atoms in total. The summed E-state index contributed by atoms with van der Waals surface area (Å²) >= 11 is 0. The number of ether oxygens (including phenoxy) is 3. The van der Waals surface area contributed by atoms with E-state index in [1.165, 1.54) is 37.3 Å². The van der Waals surface area contributed by atoms with E-state index in [0.29, 0.717) is 23.8 Å². The van der Waals surface area contributed by atoms with Crippen LogP contribution in [0.15, 0.2) is 71.6 Å². The third-order valence-corrected chi connectivity index (χ3v) is 8.67. The van der Waals surface area contributed by atoms with E-state index in [-0.39, 0.29) is 29.0 Å². The minimum atomic E-state index is -4.23. The molecular weight excluding hydrogens is 570 g/mol. The molecule has 1 unspecified atom stereocenters. The van der Waals surface area contributed by atoms with E-state index in [1.807, 2.05) is 26.8 Å². The molecule has 0 spiro atoms. The first-order chi connectivity index (χ1) is 20.4. The van der Waals surface area contributed by atoms with Gasteiger partial charge in [0.2, 0.25) is 11.8 Å². The Labute approximate surface area is 254 Å². The number of carbonyl (C=O) groups is 2. The molecular formula is C32H41N3O7S. The van der Waals surface area contributed by atoms with Crippen molar-refractivity contribution in [2.24, 2.45) is 5.92 Å². The van der Waals surface area contributed by atoms with Gasteiger partial charge in [0.15, 0.2) is 11.5 Å². The third-order valence-electron chi connectivity index (χ3n) is 6.88. The van der Waals surface area contributed by atoms with E-state index in [1.54, 1.807) is 56.5 Å². The molecule has 3 aromatic carbocycles. The molecule has 0 aliphatic carbocycles. The molecule has 0 radical (unpaired) electrons. The molecule has 1 N–H and O–H groups in total. The summed E-state index contributed by atoms with van der Waals surface area (Å²) < 4.78 is 45.3. The zero-order valence-electron chi connectivity index (χ0n) is 25.8. The second kappa shape index (κ2) is 14.8. The smallest absolute Gasteiger partial charge is 0.264 e. The fourth-order valence-electron chi connectivity index (χ4n) is 4.35. The lowest BCUT2D eigenvalue weighted by Crippen LogP contribution is -2.51. The number of hydrogen-bond donors (Lipinski definition) is 1. The average Bonchev–Trinajstić information content (AvgIpc) is 3.00. The number of aryl methyl sites for hydroxylation is 1. The summed E-state index contributed by atoms with van der Waals surface area (Å²) in [6.45, 7) is 7.34. The summed E-state index contributed by atoms with van der Waals surface area (Å²) in [5, 5.41) is 2.88. The Hall–Kier alpha value is -4.25. The maximum Gasteiger partial charge on any atom is 0.264 e. The van der Waals surface area contributed by atoms with Crippen LogP contribution < -0.4 is 23.8 Å². The van der Waals surface area contributed by atoms with Crippen molar-refractivity contribution in [1.82, 2.24) is 10.2 Å². The van der Waals surface area contributed by atoms with Crippen LogP contribution in [-0.2, 0) is 26.2 Å². The SMILES string of the molecule is COc1cccc(CN(C(=O)CN(c2ccc(OC)c(OC)c2)S(=O)(=O)c2ccc(C)cc2)C(C)C(=O)NCC(C)C)c1. The van der Waals surface area contributed by atoms with Crippen LogP contribution in [0.2, 0.25) is 0 Å². The van der Waals surface area contributed by atoms with Gasteiger partial charge in [0.25, 0.3) is 10.0 Å². The first-order valence-corrected chi connectivity index (χ1v) is 15.4. The minimum Gasteiger partial charge on any atom is -0.497 e. The number of carbonyl (C=O) groups excluding carboxylic acids is 2. The van der Waals surface area contributed by atoms with Crippen LogP contribution in [0.4, 0.5) is 5.69 Å². The van der Waals surface area contributed by atoms with Crippen LogP contribution in [0.5, 0.6) is 17.2 Å². The summed E-state index contributed by atoms with van der Waals surface area (Å²) in [5.41, 5.74) is 1.80. The maximum absolute atomic E-state index is 14.1. The van der Waals surface area contributed by atoms with Crippen molar-refractivity contribution in [2.75, 3.05) is 38.7 Å². The molecule has 1 atom stereocenters. The zero-order chi connectivity index (χ0) is 31.7. The molecule has 0 saturated heterocycles. The topological polar surface area (TPSA) is 114 Å². The molecule has 0 aliphatic rings. The highest BCUT2D eigenvalue weighted by atomic mass is 32.2. The second-order valence-electron chi connectivity index (χ2n) is 10.6. The minimum absolute atomic E-state index is 0.0164. The van der Waals surface area contributed by atoms with Gasteiger partial charge in [-0.15, -0.1) is 0 Å². The highest BCUT2D eigenvalue weighted by Gasteiger charge is 2.33. The van der Waals surface area contributed by atoms with Crippen molar-refractivity contribution in [3.63, 3.8) is 0 Å². The Bertz CT molecular complexity index is 1510. The lowest BCUT2D eigenvalue weighted by Gasteiger charge is -2.32. The fourth-order valence-corrected chi connectivity index (χ4v) is 5.75. The summed E-state index contributed by atoms with van der Waals surface area (Å²) in [7, 11) is 0.236. The number of sulfonamides is 1. The molecule has 0 heterocycles. The quantitative estimate of drug-likeness (QED) is 0.287. The van der Waals surface area contributed by atoms with Gasteiger partial charge in [-0.1, -0.05) is 43.7 Å². The number of anilines is 1. The van der Waals surface area contributed by atoms with Crippen molar-refractivity contribution >= 4 is 27.5 Å². The number of methoxy groups -OCH3 is 3. The second-order valence-corrected chi connectivity index (χ2v) is 12.4. The van der Waals surface area contributed by atoms with Crippen molar-refractivity contribution < 1.29 is 32.2 Å². The lowest BCUT2D eigenvalue weighted by molar-refractivity contribution is -0.139. The Morgan fingerprint density at radius 2 is 1.53 bits per heavy atom. The van der Waals surface area contributed by atoms with E-state index in [4.69, 9.17) is 14.2 Å². The third kappa shape index (κ3) is 8.41. The summed E-state index contributed by atoms with van der Waals surface area (Å²) in [6.07, 6.45) is 0. The van der Waals surface area contributed by atoms with Crippen LogP contribution >= 0.6 is 0 Å². The van der Waals surface area contributed by atoms with Gasteiger partial charge >= 0.3 is 0 Å². The van der Waals surface area contributed by atoms with E-state index in [9.17, 15) is 18.0 Å². The normalized spacial score (nSPS) is 11.9. The number of benzene rings is 3. The van der Waals surface area contributed by atoms with Crippen LogP contribution in [0.3, 0.4) is 0 Å². The highest BCUT2D eigenvalue weighted by Crippen LogP contribution is 2.34. The van der Waals surface area contributed by atoms with Crippen LogP contribution in [-0.4, -0.2) is 65.6 Å². The Kier molecular flexibility index (Phi) is 11.4. The fraction of sp³-hybridized carbons (Fsp3) is 0.375. The number of nitrogens with one attached hydrogen (secondary N) is 1. The van der Waals surface area contributed by atoms with Gasteiger partial charge in [-0.3, -0.25) is 13.9 Å². The lowest BCUT2D eigenvalue weighted by atomic mass is 10.1. The molecule has 43 heavy (non-hydrogen) atoms. The molecule has 11 heteroatoms. The van der Waals surface area contributed by atoms with Crippen molar-refractivity contribution in [3.05, 3.63) is 77.9 Å². The Morgan fingerprint density at radius 1 is 0.860 bits per heavy atom. The molecule has 0 bridgehead atoms. The number of nitrogens with zero attached hydrogens (tertiary/aromatic N) is 2. The predicted octanol–water partition coefficient (Wildman–Crippen LogP) is 4.41. The van der Waals surface area contributed by atoms with Gasteiger partial charge in [0, 0.05) is 19.2 Å². The Morgan fingerprint density at radius 3 is 2.14 bits per heavy atom. The van der Waals surface area contributed by atoms with Gasteiger partial charge in [0.1, 0.15) is 18.3 Å². The van der Waals surface area contributed by atoms with Crippen LogP contribution in [0, 0.1) is 12.8 Å². The average molecular weight is 612 g/mol. The van der Waals surface area contributed by atoms with Crippen LogP contribution in [0.25, 0.3) is 0 Å². The Balaban J connectivity index is 2.08. The van der Waals surface area contributed by atoms with E-state index in [2.05, 4.69) is 5.32 Å². The first-order valence-electron chi connectivity index (χ1n) is 13.9. The van der Waals surface area contributed by atoms with Gasteiger partial charge in [-0.05, 0) is 61.7 Å². The molecule has 0 aliphatic heterocycles. The molecule has 3 aromatic rings. The maximum atomic E-state index is 14.1. The van der Waals surface area contributed by atoms with E-state index in [0.717, 1.165) is 15.4 Å². The van der Waals surface area contributed by atoms with Crippen molar-refractivity contribution in [3.8, 4) is 17.2 Å². The predicted molar refractivity (Wildman–Crippen MR) is 166 cm³/mol. The molecule has 0 aromatic heterocycles. The number of amides is 2. The van der Waals surface area contributed by atoms with E-state index >= 15 is 0 Å². The molecule has 232 valence electrons. The van der Waals surface area contributed by atoms with Gasteiger partial charge in [0.05, 0.1) is 31.9 Å². The summed E-state index contributed by atoms with van der Waals surface area (Å²) in [4.78, 5) is 28.7. The highest BCUT2D eigenvalue weighted by molar-refractivity contribution is 7.92. The monoisotopic (exact) mass is 611 g/mol. The van der Waals surface area contributed by atoms with Crippen LogP contribution in [0.1, 0.15) is 31.9 Å². The zero-order valence-corrected chi connectivity index (χ0v) is 26.6. The van der Waals surface area contributed by atoms with E-state index < -0.39 is 28.5 Å². The van der Waals surface area contributed by atoms with Crippen molar-refractivity contribution in [2.45, 2.75) is 45.2 Å². The molecule has 2 amide bonds. The largest absolute Gasteiger partial charge is 0.497 e. The first kappa shape index (κ1) is 33.3. The molecule has 3 rings (SSSR count). The summed E-state index contributed by atoms with van der Waals surface area (Å²) in [6, 6.07) is 17.3. The molecule has 0 fully saturated rings. The summed E-state index contributed by atoms with van der Waals surface area (Å²) in [5.74, 6) is 0.589. The van der Waals surface area contributed by atoms with Gasteiger partial charge < -0.3 is 24.4 Å². The number of rotatable bonds is 14. The molecule has 0 saturated carbocycles. The van der Waals surface area contributed by atoms with Gasteiger partial charge in [-0.25, -0.2) is 8.42 Å². The number of hydrogen-bond acceptors (Lipinski definition) is 7. The standard InChI is InChI=1S/C32H41N3O7S/c1-22(2)19-33-32(37)24(4)34(20-25-9-8-10-27(17-25)40-5)31(36)21-35(26-13-16-29(41-6)30(18-26)42-7)43(38,39)28-14-11-23(3)12-15-28/h8-18,22,24H,19-21H2,1-7H3,(H,33,37). The van der Waals surface area contributed by atoms with Crippen molar-refractivity contribution in [1.29, 1.82) is 0 Å².